The number of nitrogens with zero attached hydrogens (tertiary/aromatic N) is 3. The Kier molecular flexibility index (Phi) is 4.55. The maximum Gasteiger partial charge on any atom is 0.361 e. The van der Waals surface area contributed by atoms with Gasteiger partial charge in [0.25, 0.3) is 6.43 Å². The lowest BCUT2D eigenvalue weighted by molar-refractivity contribution is 0.00540. The van der Waals surface area contributed by atoms with Crippen molar-refractivity contribution in [1.29, 1.82) is 0 Å². The molecule has 1 fully saturated rings. The summed E-state index contributed by atoms with van der Waals surface area (Å²) in [5, 5.41) is 10.6. The van der Waals surface area contributed by atoms with Gasteiger partial charge in [0.2, 0.25) is 0 Å². The van der Waals surface area contributed by atoms with E-state index < -0.39 is 29.4 Å². The Morgan fingerprint density at radius 3 is 2.52 bits per heavy atom. The summed E-state index contributed by atoms with van der Waals surface area (Å²) < 4.78 is 33.0. The lowest BCUT2D eigenvalue weighted by Gasteiger charge is -2.24. The van der Waals surface area contributed by atoms with Crippen LogP contribution in [0.5, 0.6) is 0 Å². The summed E-state index contributed by atoms with van der Waals surface area (Å²) in [5.41, 5.74) is -1.61. The zero-order valence-corrected chi connectivity index (χ0v) is 12.4. The van der Waals surface area contributed by atoms with Crippen LogP contribution < -0.4 is 5.32 Å². The molecule has 0 radical (unpaired) electrons. The highest BCUT2D eigenvalue weighted by Crippen LogP contribution is 2.28. The smallest absolute Gasteiger partial charge is 0.361 e. The molecule has 8 heteroatoms. The van der Waals surface area contributed by atoms with E-state index in [0.29, 0.717) is 12.8 Å². The van der Waals surface area contributed by atoms with Crippen molar-refractivity contribution < 1.29 is 18.3 Å². The van der Waals surface area contributed by atoms with Crippen molar-refractivity contribution in [3.8, 4) is 0 Å². The molecule has 0 aliphatic carbocycles. The van der Waals surface area contributed by atoms with Crippen molar-refractivity contribution >= 4 is 5.97 Å². The van der Waals surface area contributed by atoms with Crippen molar-refractivity contribution in [2.24, 2.45) is 0 Å². The molecule has 1 aliphatic rings. The zero-order valence-electron chi connectivity index (χ0n) is 12.4. The second-order valence-electron chi connectivity index (χ2n) is 6.05. The van der Waals surface area contributed by atoms with Crippen molar-refractivity contribution in [2.75, 3.05) is 13.1 Å². The first-order valence-electron chi connectivity index (χ1n) is 6.97. The highest BCUT2D eigenvalue weighted by atomic mass is 19.3. The van der Waals surface area contributed by atoms with Gasteiger partial charge < -0.3 is 10.1 Å². The Hall–Kier alpha value is -1.57. The normalized spacial score (nSPS) is 17.2. The van der Waals surface area contributed by atoms with Crippen LogP contribution in [0.2, 0.25) is 0 Å². The first-order valence-corrected chi connectivity index (χ1v) is 6.97. The maximum absolute atomic E-state index is 13.3. The van der Waals surface area contributed by atoms with E-state index in [2.05, 4.69) is 15.6 Å². The molecule has 21 heavy (non-hydrogen) atoms. The maximum atomic E-state index is 13.3. The van der Waals surface area contributed by atoms with Gasteiger partial charge in [-0.1, -0.05) is 5.21 Å². The second-order valence-corrected chi connectivity index (χ2v) is 6.05. The number of hydrogen-bond acceptors (Lipinski definition) is 5. The SMILES string of the molecule is CC(C)(C)OC(=O)c1nnn(C2CCNCC2)c1C(F)F. The second kappa shape index (κ2) is 6.05. The fourth-order valence-corrected chi connectivity index (χ4v) is 2.30. The van der Waals surface area contributed by atoms with Crippen LogP contribution >= 0.6 is 0 Å². The third-order valence-electron chi connectivity index (χ3n) is 3.18. The number of piperidine rings is 1. The van der Waals surface area contributed by atoms with Crippen LogP contribution in [0.3, 0.4) is 0 Å². The Morgan fingerprint density at radius 1 is 1.38 bits per heavy atom. The van der Waals surface area contributed by atoms with Crippen LogP contribution in [-0.2, 0) is 4.74 Å². The van der Waals surface area contributed by atoms with Gasteiger partial charge in [0.05, 0.1) is 6.04 Å². The van der Waals surface area contributed by atoms with E-state index in [1.807, 2.05) is 0 Å². The van der Waals surface area contributed by atoms with Crippen molar-refractivity contribution in [3.63, 3.8) is 0 Å². The number of rotatable bonds is 3. The standard InChI is InChI=1S/C13H20F2N4O2/c1-13(2,3)21-12(20)9-10(11(14)15)19(18-17-9)8-4-6-16-7-5-8/h8,11,16H,4-7H2,1-3H3. The summed E-state index contributed by atoms with van der Waals surface area (Å²) in [6.07, 6.45) is -1.47. The number of ether oxygens (including phenoxy) is 1. The molecular weight excluding hydrogens is 282 g/mol. The minimum Gasteiger partial charge on any atom is -0.455 e. The molecule has 118 valence electrons. The lowest BCUT2D eigenvalue weighted by Crippen LogP contribution is -2.31. The van der Waals surface area contributed by atoms with Gasteiger partial charge in [-0.15, -0.1) is 5.10 Å². The predicted octanol–water partition coefficient (Wildman–Crippen LogP) is 2.10. The van der Waals surface area contributed by atoms with E-state index in [0.717, 1.165) is 13.1 Å². The molecule has 0 saturated carbocycles. The summed E-state index contributed by atoms with van der Waals surface area (Å²) in [5.74, 6) is -0.863. The number of nitrogens with one attached hydrogen (secondary N) is 1. The average Bonchev–Trinajstić information content (AvgIpc) is 2.82. The Morgan fingerprint density at radius 2 is 2.00 bits per heavy atom. The molecule has 0 atom stereocenters. The van der Waals surface area contributed by atoms with E-state index >= 15 is 0 Å². The molecule has 2 heterocycles. The largest absolute Gasteiger partial charge is 0.455 e. The van der Waals surface area contributed by atoms with Gasteiger partial charge in [0.15, 0.2) is 5.69 Å². The predicted molar refractivity (Wildman–Crippen MR) is 71.3 cm³/mol. The van der Waals surface area contributed by atoms with E-state index in [4.69, 9.17) is 4.74 Å². The van der Waals surface area contributed by atoms with E-state index in [1.54, 1.807) is 20.8 Å². The monoisotopic (exact) mass is 302 g/mol. The molecule has 1 aromatic heterocycles. The molecule has 0 bridgehead atoms. The Labute approximate surface area is 121 Å². The van der Waals surface area contributed by atoms with Crippen molar-refractivity contribution in [2.45, 2.75) is 51.7 Å². The first-order chi connectivity index (χ1) is 9.79. The minimum absolute atomic E-state index is 0.168. The van der Waals surface area contributed by atoms with Crippen molar-refractivity contribution in [1.82, 2.24) is 20.3 Å². The molecule has 1 aromatic rings. The molecule has 1 aliphatic heterocycles. The molecule has 1 saturated heterocycles. The van der Waals surface area contributed by atoms with E-state index in [9.17, 15) is 13.6 Å². The highest BCUT2D eigenvalue weighted by molar-refractivity contribution is 5.88. The van der Waals surface area contributed by atoms with Gasteiger partial charge in [-0.2, -0.15) is 0 Å². The van der Waals surface area contributed by atoms with Gasteiger partial charge in [-0.3, -0.25) is 0 Å². The Bertz CT molecular complexity index is 505. The summed E-state index contributed by atoms with van der Waals surface area (Å²) in [4.78, 5) is 12.0. The third kappa shape index (κ3) is 3.75. The fraction of sp³-hybridized carbons (Fsp3) is 0.769. The van der Waals surface area contributed by atoms with Crippen LogP contribution in [0.4, 0.5) is 8.78 Å². The van der Waals surface area contributed by atoms with E-state index in [-0.39, 0.29) is 6.04 Å². The summed E-state index contributed by atoms with van der Waals surface area (Å²) in [6, 6.07) is -0.168. The van der Waals surface area contributed by atoms with Crippen LogP contribution in [0, 0.1) is 0 Å². The van der Waals surface area contributed by atoms with Crippen LogP contribution in [0.1, 0.15) is 62.3 Å². The number of carbonyl (C=O) groups excluding carboxylic acids is 1. The molecule has 0 amide bonds. The van der Waals surface area contributed by atoms with Crippen molar-refractivity contribution in [3.05, 3.63) is 11.4 Å². The molecule has 0 spiro atoms. The van der Waals surface area contributed by atoms with E-state index in [1.165, 1.54) is 4.68 Å². The van der Waals surface area contributed by atoms with Gasteiger partial charge in [-0.25, -0.2) is 18.3 Å². The number of halogens is 2. The topological polar surface area (TPSA) is 69.0 Å². The zero-order chi connectivity index (χ0) is 15.6. The van der Waals surface area contributed by atoms with Crippen LogP contribution in [0.25, 0.3) is 0 Å². The molecule has 6 nitrogen and oxygen atoms in total. The Balaban J connectivity index is 2.30. The quantitative estimate of drug-likeness (QED) is 0.866. The average molecular weight is 302 g/mol. The fourth-order valence-electron chi connectivity index (χ4n) is 2.30. The highest BCUT2D eigenvalue weighted by Gasteiger charge is 2.32. The number of hydrogen-bond donors (Lipinski definition) is 1. The number of aromatic nitrogens is 3. The minimum atomic E-state index is -2.82. The molecule has 0 aromatic carbocycles. The van der Waals surface area contributed by atoms with Crippen LogP contribution in [0.15, 0.2) is 0 Å². The number of esters is 1. The summed E-state index contributed by atoms with van der Waals surface area (Å²) in [6.45, 7) is 6.47. The van der Waals surface area contributed by atoms with Gasteiger partial charge in [-0.05, 0) is 46.7 Å². The number of alkyl halides is 2. The lowest BCUT2D eigenvalue weighted by atomic mass is 10.1. The molecule has 1 N–H and O–H groups in total. The van der Waals surface area contributed by atoms with Crippen LogP contribution in [-0.4, -0.2) is 39.7 Å². The summed E-state index contributed by atoms with van der Waals surface area (Å²) in [7, 11) is 0. The van der Waals surface area contributed by atoms with Gasteiger partial charge in [0.1, 0.15) is 11.3 Å². The third-order valence-corrected chi connectivity index (χ3v) is 3.18. The number of carbonyl (C=O) groups is 1. The van der Waals surface area contributed by atoms with Gasteiger partial charge >= 0.3 is 5.97 Å². The molecule has 0 unspecified atom stereocenters. The molecule has 2 rings (SSSR count). The first kappa shape index (κ1) is 15.8. The molecular formula is C13H20F2N4O2. The summed E-state index contributed by atoms with van der Waals surface area (Å²) >= 11 is 0. The van der Waals surface area contributed by atoms with Gasteiger partial charge in [0, 0.05) is 0 Å².